The van der Waals surface area contributed by atoms with Crippen LogP contribution in [0.2, 0.25) is 0 Å². The van der Waals surface area contributed by atoms with Gasteiger partial charge in [0.05, 0.1) is 28.2 Å². The summed E-state index contributed by atoms with van der Waals surface area (Å²) in [5.74, 6) is -1.82. The van der Waals surface area contributed by atoms with Crippen LogP contribution in [0.1, 0.15) is 88.1 Å². The monoisotopic (exact) mass is 761 g/mol. The van der Waals surface area contributed by atoms with Crippen LogP contribution in [0.3, 0.4) is 0 Å². The molecule has 1 aliphatic heterocycles. The van der Waals surface area contributed by atoms with Crippen LogP contribution in [-0.2, 0) is 43.5 Å². The van der Waals surface area contributed by atoms with Crippen LogP contribution in [0.4, 0.5) is 0 Å². The quantitative estimate of drug-likeness (QED) is 0.106. The SMILES string of the molecule is Cc1ncsc1-c1ccc(CNC(=O)[C@@H]2C[C@@H](O)CN2C(=O)[C@@H](NC(=O)CCCCCc2cccc(CNC(=O)[C@@H](N)CCC(N)=O)c2)C(C)(C)C)cc1. The van der Waals surface area contributed by atoms with Crippen molar-refractivity contribution in [3.05, 3.63) is 76.4 Å². The summed E-state index contributed by atoms with van der Waals surface area (Å²) in [5, 5.41) is 19.2. The highest BCUT2D eigenvalue weighted by molar-refractivity contribution is 7.13. The number of hydrogen-bond donors (Lipinski definition) is 6. The molecule has 54 heavy (non-hydrogen) atoms. The lowest BCUT2D eigenvalue weighted by Crippen LogP contribution is -2.57. The first-order valence-corrected chi connectivity index (χ1v) is 19.4. The van der Waals surface area contributed by atoms with Gasteiger partial charge in [0.2, 0.25) is 29.5 Å². The molecule has 4 atom stereocenters. The molecule has 0 unspecified atom stereocenters. The Bertz CT molecular complexity index is 1760. The molecule has 2 aromatic carbocycles. The minimum Gasteiger partial charge on any atom is -0.391 e. The van der Waals surface area contributed by atoms with E-state index in [2.05, 4.69) is 20.9 Å². The van der Waals surface area contributed by atoms with Crippen molar-refractivity contribution in [3.8, 4) is 10.4 Å². The maximum Gasteiger partial charge on any atom is 0.246 e. The van der Waals surface area contributed by atoms with Gasteiger partial charge in [-0.25, -0.2) is 4.98 Å². The van der Waals surface area contributed by atoms with Gasteiger partial charge in [-0.05, 0) is 60.3 Å². The van der Waals surface area contributed by atoms with Gasteiger partial charge in [0.25, 0.3) is 0 Å². The Kier molecular flexibility index (Phi) is 15.3. The van der Waals surface area contributed by atoms with Crippen molar-refractivity contribution >= 4 is 40.9 Å². The van der Waals surface area contributed by atoms with E-state index < -0.39 is 35.6 Å². The van der Waals surface area contributed by atoms with E-state index in [4.69, 9.17) is 11.5 Å². The highest BCUT2D eigenvalue weighted by Gasteiger charge is 2.44. The number of primary amides is 1. The normalized spacial score (nSPS) is 16.7. The van der Waals surface area contributed by atoms with Crippen molar-refractivity contribution in [2.45, 2.75) is 116 Å². The number of aryl methyl sites for hydroxylation is 2. The molecule has 1 fully saturated rings. The summed E-state index contributed by atoms with van der Waals surface area (Å²) in [7, 11) is 0. The first kappa shape index (κ1) is 42.1. The predicted molar refractivity (Wildman–Crippen MR) is 209 cm³/mol. The molecule has 0 saturated carbocycles. The molecule has 0 aliphatic carbocycles. The first-order chi connectivity index (χ1) is 25.6. The maximum atomic E-state index is 13.9. The number of aliphatic hydroxyl groups excluding tert-OH is 1. The second-order valence-corrected chi connectivity index (χ2v) is 16.0. The Balaban J connectivity index is 1.23. The third kappa shape index (κ3) is 12.5. The number of nitrogens with zero attached hydrogens (tertiary/aromatic N) is 2. The van der Waals surface area contributed by atoms with Crippen LogP contribution >= 0.6 is 11.3 Å². The van der Waals surface area contributed by atoms with E-state index in [0.29, 0.717) is 13.0 Å². The van der Waals surface area contributed by atoms with Crippen LogP contribution in [0, 0.1) is 12.3 Å². The number of rotatable bonds is 18. The molecular formula is C40H55N7O6S. The molecule has 1 aromatic heterocycles. The average molecular weight is 762 g/mol. The van der Waals surface area contributed by atoms with E-state index in [1.807, 2.05) is 81.7 Å². The van der Waals surface area contributed by atoms with E-state index in [-0.39, 0.29) is 62.4 Å². The number of thiazole rings is 1. The zero-order valence-electron chi connectivity index (χ0n) is 31.7. The number of benzene rings is 2. The van der Waals surface area contributed by atoms with Gasteiger partial charge in [-0.15, -0.1) is 11.3 Å². The number of nitrogens with one attached hydrogen (secondary N) is 3. The van der Waals surface area contributed by atoms with E-state index >= 15 is 0 Å². The van der Waals surface area contributed by atoms with Gasteiger partial charge >= 0.3 is 0 Å². The Labute approximate surface area is 321 Å². The molecule has 0 radical (unpaired) electrons. The average Bonchev–Trinajstić information content (AvgIpc) is 3.75. The van der Waals surface area contributed by atoms with Crippen LogP contribution < -0.4 is 27.4 Å². The Morgan fingerprint density at radius 1 is 0.963 bits per heavy atom. The molecule has 0 spiro atoms. The minimum atomic E-state index is -0.880. The van der Waals surface area contributed by atoms with Gasteiger partial charge in [-0.3, -0.25) is 24.0 Å². The highest BCUT2D eigenvalue weighted by Crippen LogP contribution is 2.28. The topological polar surface area (TPSA) is 210 Å². The molecule has 0 bridgehead atoms. The number of hydrogen-bond acceptors (Lipinski definition) is 9. The summed E-state index contributed by atoms with van der Waals surface area (Å²) in [6, 6.07) is 13.2. The third-order valence-corrected chi connectivity index (χ3v) is 10.6. The molecule has 13 nitrogen and oxygen atoms in total. The van der Waals surface area contributed by atoms with Crippen molar-refractivity contribution in [2.75, 3.05) is 6.54 Å². The molecule has 2 heterocycles. The first-order valence-electron chi connectivity index (χ1n) is 18.6. The Hall–Kier alpha value is -4.66. The highest BCUT2D eigenvalue weighted by atomic mass is 32.1. The van der Waals surface area contributed by atoms with Crippen LogP contribution in [0.25, 0.3) is 10.4 Å². The van der Waals surface area contributed by atoms with Gasteiger partial charge in [0.1, 0.15) is 12.1 Å². The smallest absolute Gasteiger partial charge is 0.246 e. The summed E-state index contributed by atoms with van der Waals surface area (Å²) in [6.45, 7) is 8.17. The number of carbonyl (C=O) groups excluding carboxylic acids is 5. The molecule has 292 valence electrons. The van der Waals surface area contributed by atoms with Gasteiger partial charge in [0, 0.05) is 38.9 Å². The minimum absolute atomic E-state index is 0.0142. The van der Waals surface area contributed by atoms with E-state index in [1.54, 1.807) is 11.3 Å². The van der Waals surface area contributed by atoms with Crippen molar-refractivity contribution in [3.63, 3.8) is 0 Å². The third-order valence-electron chi connectivity index (χ3n) is 9.58. The standard InChI is InChI=1S/C40H55N7O6S/c1-25-35(54-24-45-25)29-15-13-27(14-16-29)21-44-38(52)32-20-30(48)23-47(32)39(53)36(40(2,3)4)46-34(50)12-7-5-6-9-26-10-8-11-28(19-26)22-43-37(51)31(41)17-18-33(42)49/h8,10-11,13-16,19,24,30-32,36,48H,5-7,9,12,17-18,20-23,41H2,1-4H3,(H2,42,49)(H,43,51)(H,44,52)(H,46,50)/t30-,31+,32+,36-/m1/s1. The van der Waals surface area contributed by atoms with Gasteiger partial charge in [0.15, 0.2) is 0 Å². The number of aliphatic hydroxyl groups is 1. The fourth-order valence-corrected chi connectivity index (χ4v) is 7.26. The van der Waals surface area contributed by atoms with Crippen molar-refractivity contribution in [1.82, 2.24) is 25.8 Å². The van der Waals surface area contributed by atoms with Crippen molar-refractivity contribution in [1.29, 1.82) is 0 Å². The molecule has 4 rings (SSSR count). The van der Waals surface area contributed by atoms with Crippen molar-refractivity contribution < 1.29 is 29.1 Å². The second-order valence-electron chi connectivity index (χ2n) is 15.2. The molecule has 1 saturated heterocycles. The van der Waals surface area contributed by atoms with Crippen LogP contribution in [0.5, 0.6) is 0 Å². The number of unbranched alkanes of at least 4 members (excludes halogenated alkanes) is 2. The Morgan fingerprint density at radius 3 is 2.33 bits per heavy atom. The maximum absolute atomic E-state index is 13.9. The summed E-state index contributed by atoms with van der Waals surface area (Å²) >= 11 is 1.58. The second kappa shape index (κ2) is 19.6. The van der Waals surface area contributed by atoms with E-state index in [1.165, 1.54) is 4.90 Å². The largest absolute Gasteiger partial charge is 0.391 e. The zero-order chi connectivity index (χ0) is 39.4. The van der Waals surface area contributed by atoms with Gasteiger partial charge < -0.3 is 37.4 Å². The lowest BCUT2D eigenvalue weighted by Gasteiger charge is -2.35. The number of β-amino-alcohol motifs (C(OH)–C–C–N with tert-alkyl or cyclic N) is 1. The van der Waals surface area contributed by atoms with E-state index in [0.717, 1.165) is 52.1 Å². The number of amides is 5. The number of carbonyl (C=O) groups is 5. The van der Waals surface area contributed by atoms with Gasteiger partial charge in [-0.1, -0.05) is 75.7 Å². The molecule has 8 N–H and O–H groups in total. The molecule has 14 heteroatoms. The predicted octanol–water partition coefficient (Wildman–Crippen LogP) is 3.24. The summed E-state index contributed by atoms with van der Waals surface area (Å²) in [5.41, 5.74) is 17.1. The molecular weight excluding hydrogens is 707 g/mol. The summed E-state index contributed by atoms with van der Waals surface area (Å²) in [4.78, 5) is 70.4. The summed E-state index contributed by atoms with van der Waals surface area (Å²) < 4.78 is 0. The number of nitrogens with two attached hydrogens (primary N) is 2. The lowest BCUT2D eigenvalue weighted by molar-refractivity contribution is -0.144. The summed E-state index contributed by atoms with van der Waals surface area (Å²) in [6.07, 6.45) is 2.84. The van der Waals surface area contributed by atoms with Crippen LogP contribution in [0.15, 0.2) is 54.0 Å². The molecule has 1 aliphatic rings. The number of likely N-dealkylation sites (tertiary alicyclic amines) is 1. The van der Waals surface area contributed by atoms with E-state index in [9.17, 15) is 29.1 Å². The van der Waals surface area contributed by atoms with Crippen LogP contribution in [-0.4, -0.2) is 75.3 Å². The Morgan fingerprint density at radius 2 is 1.67 bits per heavy atom. The number of aromatic nitrogens is 1. The zero-order valence-corrected chi connectivity index (χ0v) is 32.5. The van der Waals surface area contributed by atoms with Gasteiger partial charge in [-0.2, -0.15) is 0 Å². The van der Waals surface area contributed by atoms with Crippen molar-refractivity contribution in [2.24, 2.45) is 16.9 Å². The molecule has 5 amide bonds. The fraction of sp³-hybridized carbons (Fsp3) is 0.500. The molecule has 3 aromatic rings. The fourth-order valence-electron chi connectivity index (χ4n) is 6.45. The lowest BCUT2D eigenvalue weighted by atomic mass is 9.85.